The molecule has 0 aliphatic heterocycles. The van der Waals surface area contributed by atoms with Crippen molar-refractivity contribution in [2.24, 2.45) is 0 Å². The molecule has 6 heteroatoms. The van der Waals surface area contributed by atoms with Crippen LogP contribution in [0.2, 0.25) is 0 Å². The SMILES string of the molecule is COc1ccc(/C=C(\Cl)c2nnc(-c3ccccc3)o2)cc1OC. The molecule has 0 unspecified atom stereocenters. The maximum absolute atomic E-state index is 6.30. The van der Waals surface area contributed by atoms with Crippen LogP contribution in [-0.4, -0.2) is 24.4 Å². The van der Waals surface area contributed by atoms with Gasteiger partial charge in [-0.15, -0.1) is 10.2 Å². The van der Waals surface area contributed by atoms with Gasteiger partial charge in [0.15, 0.2) is 11.5 Å². The molecule has 3 aromatic rings. The zero-order valence-electron chi connectivity index (χ0n) is 13.2. The summed E-state index contributed by atoms with van der Waals surface area (Å²) in [7, 11) is 3.17. The van der Waals surface area contributed by atoms with Crippen molar-refractivity contribution in [3.63, 3.8) is 0 Å². The number of nitrogens with zero attached hydrogens (tertiary/aromatic N) is 2. The predicted molar refractivity (Wildman–Crippen MR) is 93.0 cm³/mol. The highest BCUT2D eigenvalue weighted by molar-refractivity contribution is 6.50. The fraction of sp³-hybridized carbons (Fsp3) is 0.111. The Hall–Kier alpha value is -2.79. The predicted octanol–water partition coefficient (Wildman–Crippen LogP) is 4.49. The van der Waals surface area contributed by atoms with Crippen LogP contribution in [0, 0.1) is 0 Å². The molecule has 1 heterocycles. The van der Waals surface area contributed by atoms with Crippen molar-refractivity contribution in [1.82, 2.24) is 10.2 Å². The van der Waals surface area contributed by atoms with E-state index in [0.29, 0.717) is 22.4 Å². The van der Waals surface area contributed by atoms with Crippen LogP contribution in [0.3, 0.4) is 0 Å². The maximum Gasteiger partial charge on any atom is 0.259 e. The lowest BCUT2D eigenvalue weighted by atomic mass is 10.2. The Labute approximate surface area is 144 Å². The molecule has 0 saturated heterocycles. The number of rotatable bonds is 5. The molecular formula is C18H15ClN2O3. The quantitative estimate of drug-likeness (QED) is 0.683. The highest BCUT2D eigenvalue weighted by Crippen LogP contribution is 2.30. The topological polar surface area (TPSA) is 57.4 Å². The van der Waals surface area contributed by atoms with E-state index in [-0.39, 0.29) is 5.89 Å². The molecule has 0 saturated carbocycles. The molecule has 0 bridgehead atoms. The van der Waals surface area contributed by atoms with Gasteiger partial charge >= 0.3 is 0 Å². The van der Waals surface area contributed by atoms with Crippen LogP contribution in [0.15, 0.2) is 52.9 Å². The van der Waals surface area contributed by atoms with Crippen LogP contribution in [0.1, 0.15) is 11.5 Å². The fourth-order valence-electron chi connectivity index (χ4n) is 2.17. The van der Waals surface area contributed by atoms with Crippen LogP contribution in [-0.2, 0) is 0 Å². The molecule has 0 N–H and O–H groups in total. The number of hydrogen-bond acceptors (Lipinski definition) is 5. The normalized spacial score (nSPS) is 11.4. The molecule has 0 amide bonds. The molecule has 0 radical (unpaired) electrons. The zero-order chi connectivity index (χ0) is 16.9. The largest absolute Gasteiger partial charge is 0.493 e. The van der Waals surface area contributed by atoms with Gasteiger partial charge in [-0.1, -0.05) is 35.9 Å². The average Bonchev–Trinajstić information content (AvgIpc) is 3.12. The van der Waals surface area contributed by atoms with Gasteiger partial charge < -0.3 is 13.9 Å². The highest BCUT2D eigenvalue weighted by Gasteiger charge is 2.11. The second kappa shape index (κ2) is 7.19. The van der Waals surface area contributed by atoms with Crippen molar-refractivity contribution in [2.45, 2.75) is 0 Å². The summed E-state index contributed by atoms with van der Waals surface area (Å²) in [6.07, 6.45) is 1.73. The Morgan fingerprint density at radius 3 is 2.46 bits per heavy atom. The average molecular weight is 343 g/mol. The van der Waals surface area contributed by atoms with Gasteiger partial charge in [0.05, 0.1) is 14.2 Å². The molecule has 0 aliphatic carbocycles. The number of aromatic nitrogens is 2. The summed E-state index contributed by atoms with van der Waals surface area (Å²) in [5.41, 5.74) is 1.67. The van der Waals surface area contributed by atoms with Gasteiger partial charge in [-0.25, -0.2) is 0 Å². The van der Waals surface area contributed by atoms with Gasteiger partial charge in [-0.3, -0.25) is 0 Å². The minimum Gasteiger partial charge on any atom is -0.493 e. The lowest BCUT2D eigenvalue weighted by Crippen LogP contribution is -1.90. The Bertz CT molecular complexity index is 860. The van der Waals surface area contributed by atoms with Crippen LogP contribution < -0.4 is 9.47 Å². The Balaban J connectivity index is 1.88. The summed E-state index contributed by atoms with van der Waals surface area (Å²) in [6.45, 7) is 0. The number of ether oxygens (including phenoxy) is 2. The minimum absolute atomic E-state index is 0.255. The molecule has 1 aromatic heterocycles. The zero-order valence-corrected chi connectivity index (χ0v) is 13.9. The molecule has 0 fully saturated rings. The molecule has 2 aromatic carbocycles. The molecule has 3 rings (SSSR count). The number of methoxy groups -OCH3 is 2. The van der Waals surface area contributed by atoms with Crippen molar-refractivity contribution in [3.05, 3.63) is 60.0 Å². The number of benzene rings is 2. The smallest absolute Gasteiger partial charge is 0.259 e. The van der Waals surface area contributed by atoms with E-state index >= 15 is 0 Å². The summed E-state index contributed by atoms with van der Waals surface area (Å²) in [4.78, 5) is 0. The minimum atomic E-state index is 0.255. The summed E-state index contributed by atoms with van der Waals surface area (Å²) in [5.74, 6) is 1.94. The standard InChI is InChI=1S/C18H15ClN2O3/c1-22-15-9-8-12(11-16(15)23-2)10-14(19)18-21-20-17(24-18)13-6-4-3-5-7-13/h3-11H,1-2H3/b14-10-. The maximum atomic E-state index is 6.30. The molecule has 0 atom stereocenters. The second-order valence-electron chi connectivity index (χ2n) is 4.89. The molecule has 0 aliphatic rings. The molecule has 5 nitrogen and oxygen atoms in total. The molecule has 0 spiro atoms. The lowest BCUT2D eigenvalue weighted by molar-refractivity contribution is 0.355. The van der Waals surface area contributed by atoms with Crippen LogP contribution in [0.5, 0.6) is 11.5 Å². The highest BCUT2D eigenvalue weighted by atomic mass is 35.5. The van der Waals surface area contributed by atoms with E-state index in [2.05, 4.69) is 10.2 Å². The van der Waals surface area contributed by atoms with E-state index in [1.807, 2.05) is 42.5 Å². The van der Waals surface area contributed by atoms with E-state index in [9.17, 15) is 0 Å². The van der Waals surface area contributed by atoms with Crippen LogP contribution in [0.25, 0.3) is 22.6 Å². The molecule has 24 heavy (non-hydrogen) atoms. The van der Waals surface area contributed by atoms with Crippen molar-refractivity contribution in [2.75, 3.05) is 14.2 Å². The molecular weight excluding hydrogens is 328 g/mol. The van der Waals surface area contributed by atoms with Crippen molar-refractivity contribution >= 4 is 22.7 Å². The fourth-order valence-corrected chi connectivity index (χ4v) is 2.37. The van der Waals surface area contributed by atoms with Crippen LogP contribution >= 0.6 is 11.6 Å². The Kier molecular flexibility index (Phi) is 4.82. The van der Waals surface area contributed by atoms with Gasteiger partial charge in [-0.05, 0) is 35.9 Å². The molecule has 122 valence electrons. The van der Waals surface area contributed by atoms with E-state index in [1.165, 1.54) is 0 Å². The van der Waals surface area contributed by atoms with Crippen molar-refractivity contribution in [3.8, 4) is 23.0 Å². The van der Waals surface area contributed by atoms with Gasteiger partial charge in [-0.2, -0.15) is 0 Å². The first-order valence-electron chi connectivity index (χ1n) is 7.20. The first-order valence-corrected chi connectivity index (χ1v) is 7.57. The third kappa shape index (κ3) is 3.41. The van der Waals surface area contributed by atoms with E-state index in [0.717, 1.165) is 11.1 Å². The lowest BCUT2D eigenvalue weighted by Gasteiger charge is -2.07. The van der Waals surface area contributed by atoms with Crippen molar-refractivity contribution in [1.29, 1.82) is 0 Å². The summed E-state index contributed by atoms with van der Waals surface area (Å²) in [5, 5.41) is 8.36. The Morgan fingerprint density at radius 1 is 1.00 bits per heavy atom. The first-order chi connectivity index (χ1) is 11.7. The summed E-state index contributed by atoms with van der Waals surface area (Å²) < 4.78 is 16.1. The van der Waals surface area contributed by atoms with Gasteiger partial charge in [0.2, 0.25) is 5.89 Å². The van der Waals surface area contributed by atoms with Gasteiger partial charge in [0, 0.05) is 5.56 Å². The van der Waals surface area contributed by atoms with Crippen molar-refractivity contribution < 1.29 is 13.9 Å². The van der Waals surface area contributed by atoms with Gasteiger partial charge in [0.25, 0.3) is 5.89 Å². The third-order valence-electron chi connectivity index (χ3n) is 3.35. The monoisotopic (exact) mass is 342 g/mol. The second-order valence-corrected chi connectivity index (χ2v) is 5.29. The van der Waals surface area contributed by atoms with Crippen LogP contribution in [0.4, 0.5) is 0 Å². The summed E-state index contributed by atoms with van der Waals surface area (Å²) in [6, 6.07) is 15.0. The number of halogens is 1. The van der Waals surface area contributed by atoms with E-state index < -0.39 is 0 Å². The first kappa shape index (κ1) is 16.1. The number of hydrogen-bond donors (Lipinski definition) is 0. The van der Waals surface area contributed by atoms with E-state index in [1.54, 1.807) is 26.4 Å². The summed E-state index contributed by atoms with van der Waals surface area (Å²) >= 11 is 6.30. The Morgan fingerprint density at radius 2 is 1.75 bits per heavy atom. The third-order valence-corrected chi connectivity index (χ3v) is 3.62. The van der Waals surface area contributed by atoms with Gasteiger partial charge in [0.1, 0.15) is 5.03 Å². The van der Waals surface area contributed by atoms with E-state index in [4.69, 9.17) is 25.5 Å².